The first-order valence-corrected chi connectivity index (χ1v) is 9.64. The minimum Gasteiger partial charge on any atom is -0.393 e. The number of hydrogen-bond donors (Lipinski definition) is 1. The molecule has 1 heteroatoms. The van der Waals surface area contributed by atoms with Crippen LogP contribution in [0.15, 0.2) is 12.2 Å². The van der Waals surface area contributed by atoms with Gasteiger partial charge in [-0.15, -0.1) is 0 Å². The van der Waals surface area contributed by atoms with Gasteiger partial charge >= 0.3 is 0 Å². The molecular weight excluding hydrogens is 256 g/mol. The molecule has 0 rings (SSSR count). The number of aliphatic hydroxyl groups is 1. The van der Waals surface area contributed by atoms with Gasteiger partial charge in [-0.25, -0.2) is 0 Å². The van der Waals surface area contributed by atoms with E-state index >= 15 is 0 Å². The summed E-state index contributed by atoms with van der Waals surface area (Å²) in [6, 6.07) is 0. The molecule has 21 heavy (non-hydrogen) atoms. The van der Waals surface area contributed by atoms with Gasteiger partial charge in [-0.05, 0) is 25.7 Å². The number of rotatable bonds is 16. The van der Waals surface area contributed by atoms with E-state index in [0.29, 0.717) is 0 Å². The number of unbranched alkanes of at least 4 members (excludes halogenated alkanes) is 11. The van der Waals surface area contributed by atoms with Crippen molar-refractivity contribution in [2.75, 3.05) is 0 Å². The molecule has 0 aromatic rings. The topological polar surface area (TPSA) is 20.2 Å². The smallest absolute Gasteiger partial charge is 0.0574 e. The Labute approximate surface area is 134 Å². The van der Waals surface area contributed by atoms with Gasteiger partial charge in [-0.1, -0.05) is 96.6 Å². The minimum atomic E-state index is -0.114. The first-order valence-electron chi connectivity index (χ1n) is 9.64. The minimum absolute atomic E-state index is 0.114. The van der Waals surface area contributed by atoms with Gasteiger partial charge in [-0.3, -0.25) is 0 Å². The SMILES string of the molecule is CCCCCCCCCC/C=C/CC(O)CCCCCC. The zero-order chi connectivity index (χ0) is 15.6. The predicted octanol–water partition coefficient (Wildman–Crippen LogP) is 6.79. The fourth-order valence-electron chi connectivity index (χ4n) is 2.69. The molecule has 0 aliphatic heterocycles. The highest BCUT2D eigenvalue weighted by atomic mass is 16.3. The summed E-state index contributed by atoms with van der Waals surface area (Å²) in [7, 11) is 0. The van der Waals surface area contributed by atoms with Crippen molar-refractivity contribution < 1.29 is 5.11 Å². The van der Waals surface area contributed by atoms with Gasteiger partial charge in [0.25, 0.3) is 0 Å². The van der Waals surface area contributed by atoms with Crippen molar-refractivity contribution in [3.63, 3.8) is 0 Å². The molecule has 0 aromatic heterocycles. The molecule has 0 amide bonds. The van der Waals surface area contributed by atoms with Crippen molar-refractivity contribution in [3.05, 3.63) is 12.2 Å². The quantitative estimate of drug-likeness (QED) is 0.245. The van der Waals surface area contributed by atoms with Crippen LogP contribution in [0.25, 0.3) is 0 Å². The third-order valence-electron chi connectivity index (χ3n) is 4.19. The van der Waals surface area contributed by atoms with Crippen LogP contribution in [0.3, 0.4) is 0 Å². The highest BCUT2D eigenvalue weighted by Crippen LogP contribution is 2.11. The summed E-state index contributed by atoms with van der Waals surface area (Å²) in [5, 5.41) is 9.84. The molecule has 1 nitrogen and oxygen atoms in total. The molecule has 1 unspecified atom stereocenters. The highest BCUT2D eigenvalue weighted by molar-refractivity contribution is 4.83. The van der Waals surface area contributed by atoms with Gasteiger partial charge in [0, 0.05) is 0 Å². The van der Waals surface area contributed by atoms with Gasteiger partial charge in [0.15, 0.2) is 0 Å². The lowest BCUT2D eigenvalue weighted by Gasteiger charge is -2.07. The summed E-state index contributed by atoms with van der Waals surface area (Å²) < 4.78 is 0. The molecule has 0 fully saturated rings. The first kappa shape index (κ1) is 20.7. The number of hydrogen-bond acceptors (Lipinski definition) is 1. The van der Waals surface area contributed by atoms with Crippen LogP contribution >= 0.6 is 0 Å². The molecule has 0 saturated heterocycles. The Balaban J connectivity index is 3.20. The van der Waals surface area contributed by atoms with Crippen molar-refractivity contribution in [2.24, 2.45) is 0 Å². The van der Waals surface area contributed by atoms with Gasteiger partial charge in [0.2, 0.25) is 0 Å². The Kier molecular flexibility index (Phi) is 17.5. The Morgan fingerprint density at radius 3 is 1.81 bits per heavy atom. The lowest BCUT2D eigenvalue weighted by Crippen LogP contribution is -2.04. The Morgan fingerprint density at radius 2 is 1.19 bits per heavy atom. The van der Waals surface area contributed by atoms with Crippen LogP contribution in [0, 0.1) is 0 Å². The van der Waals surface area contributed by atoms with E-state index in [9.17, 15) is 5.11 Å². The van der Waals surface area contributed by atoms with Crippen LogP contribution in [0.5, 0.6) is 0 Å². The fraction of sp³-hybridized carbons (Fsp3) is 0.900. The van der Waals surface area contributed by atoms with E-state index in [4.69, 9.17) is 0 Å². The van der Waals surface area contributed by atoms with E-state index in [0.717, 1.165) is 12.8 Å². The molecular formula is C20H40O. The van der Waals surface area contributed by atoms with Crippen LogP contribution < -0.4 is 0 Å². The molecule has 0 saturated carbocycles. The van der Waals surface area contributed by atoms with E-state index in [2.05, 4.69) is 26.0 Å². The molecule has 0 aliphatic rings. The van der Waals surface area contributed by atoms with Gasteiger partial charge < -0.3 is 5.11 Å². The molecule has 0 aromatic carbocycles. The maximum Gasteiger partial charge on any atom is 0.0574 e. The molecule has 0 spiro atoms. The summed E-state index contributed by atoms with van der Waals surface area (Å²) in [4.78, 5) is 0. The van der Waals surface area contributed by atoms with Gasteiger partial charge in [-0.2, -0.15) is 0 Å². The Hall–Kier alpha value is -0.300. The van der Waals surface area contributed by atoms with Gasteiger partial charge in [0.05, 0.1) is 6.10 Å². The Morgan fingerprint density at radius 1 is 0.667 bits per heavy atom. The fourth-order valence-corrected chi connectivity index (χ4v) is 2.69. The van der Waals surface area contributed by atoms with E-state index in [1.165, 1.54) is 83.5 Å². The van der Waals surface area contributed by atoms with Crippen molar-refractivity contribution >= 4 is 0 Å². The Bertz CT molecular complexity index is 210. The van der Waals surface area contributed by atoms with Crippen LogP contribution in [0.1, 0.15) is 110 Å². The normalized spacial score (nSPS) is 13.1. The number of allylic oxidation sites excluding steroid dienone is 1. The average molecular weight is 297 g/mol. The van der Waals surface area contributed by atoms with Crippen molar-refractivity contribution in [2.45, 2.75) is 116 Å². The zero-order valence-electron chi connectivity index (χ0n) is 14.8. The van der Waals surface area contributed by atoms with E-state index in [-0.39, 0.29) is 6.10 Å². The third-order valence-corrected chi connectivity index (χ3v) is 4.19. The van der Waals surface area contributed by atoms with Crippen LogP contribution in [-0.2, 0) is 0 Å². The average Bonchev–Trinajstić information content (AvgIpc) is 2.49. The maximum absolute atomic E-state index is 9.84. The third kappa shape index (κ3) is 17.6. The monoisotopic (exact) mass is 296 g/mol. The van der Waals surface area contributed by atoms with E-state index < -0.39 is 0 Å². The molecule has 1 N–H and O–H groups in total. The summed E-state index contributed by atoms with van der Waals surface area (Å²) in [5.41, 5.74) is 0. The van der Waals surface area contributed by atoms with Crippen molar-refractivity contribution in [1.29, 1.82) is 0 Å². The lowest BCUT2D eigenvalue weighted by molar-refractivity contribution is 0.163. The molecule has 0 radical (unpaired) electrons. The van der Waals surface area contributed by atoms with E-state index in [1.807, 2.05) is 0 Å². The maximum atomic E-state index is 9.84. The standard InChI is InChI=1S/C20H40O/c1-3-5-7-9-10-11-12-13-14-15-17-19-20(21)18-16-8-6-4-2/h15,17,20-21H,3-14,16,18-19H2,1-2H3/b17-15+. The molecule has 0 bridgehead atoms. The second-order valence-electron chi connectivity index (χ2n) is 6.47. The first-order chi connectivity index (χ1) is 10.3. The van der Waals surface area contributed by atoms with Gasteiger partial charge in [0.1, 0.15) is 0 Å². The highest BCUT2D eigenvalue weighted by Gasteiger charge is 2.00. The molecule has 0 aliphatic carbocycles. The van der Waals surface area contributed by atoms with Crippen LogP contribution in [-0.4, -0.2) is 11.2 Å². The molecule has 0 heterocycles. The second-order valence-corrected chi connectivity index (χ2v) is 6.47. The number of aliphatic hydroxyl groups excluding tert-OH is 1. The van der Waals surface area contributed by atoms with Crippen LogP contribution in [0.2, 0.25) is 0 Å². The summed E-state index contributed by atoms with van der Waals surface area (Å²) >= 11 is 0. The zero-order valence-corrected chi connectivity index (χ0v) is 14.8. The van der Waals surface area contributed by atoms with Crippen molar-refractivity contribution in [1.82, 2.24) is 0 Å². The van der Waals surface area contributed by atoms with Crippen molar-refractivity contribution in [3.8, 4) is 0 Å². The lowest BCUT2D eigenvalue weighted by atomic mass is 10.1. The molecule has 1 atom stereocenters. The second kappa shape index (κ2) is 17.8. The predicted molar refractivity (Wildman–Crippen MR) is 95.7 cm³/mol. The largest absolute Gasteiger partial charge is 0.393 e. The van der Waals surface area contributed by atoms with Crippen LogP contribution in [0.4, 0.5) is 0 Å². The summed E-state index contributed by atoms with van der Waals surface area (Å²) in [5.74, 6) is 0. The summed E-state index contributed by atoms with van der Waals surface area (Å²) in [6.07, 6.45) is 23.5. The summed E-state index contributed by atoms with van der Waals surface area (Å²) in [6.45, 7) is 4.50. The molecule has 126 valence electrons. The van der Waals surface area contributed by atoms with E-state index in [1.54, 1.807) is 0 Å².